The number of pyridine rings is 2. The fraction of sp³-hybridized carbons (Fsp3) is 0.318. The van der Waals surface area contributed by atoms with E-state index in [-0.39, 0.29) is 17.0 Å². The van der Waals surface area contributed by atoms with Crippen molar-refractivity contribution in [2.75, 3.05) is 13.1 Å². The third kappa shape index (κ3) is 4.08. The predicted octanol–water partition coefficient (Wildman–Crippen LogP) is 3.71. The minimum Gasteiger partial charge on any atom is -0.339 e. The van der Waals surface area contributed by atoms with E-state index in [1.54, 1.807) is 21.7 Å². The molecule has 0 fully saturated rings. The molecule has 27 heavy (non-hydrogen) atoms. The van der Waals surface area contributed by atoms with E-state index in [4.69, 9.17) is 0 Å². The summed E-state index contributed by atoms with van der Waals surface area (Å²) in [5.41, 5.74) is 1.52. The standard InChI is InChI=1S/C22H25N3O2/c1-3-5-14-24(4-2)21(26)19-15-18-12-9-13-23-20(18)25(22(19)27)16-17-10-7-6-8-11-17/h6-13,15H,3-5,14,16H2,1-2H3. The van der Waals surface area contributed by atoms with Gasteiger partial charge in [-0.05, 0) is 37.1 Å². The van der Waals surface area contributed by atoms with E-state index in [0.717, 1.165) is 23.8 Å². The first kappa shape index (κ1) is 18.8. The molecule has 3 aromatic rings. The summed E-state index contributed by atoms with van der Waals surface area (Å²) in [5, 5.41) is 0.794. The average molecular weight is 363 g/mol. The molecule has 140 valence electrons. The van der Waals surface area contributed by atoms with Crippen LogP contribution < -0.4 is 5.56 Å². The number of carbonyl (C=O) groups is 1. The number of fused-ring (bicyclic) bond motifs is 1. The van der Waals surface area contributed by atoms with E-state index >= 15 is 0 Å². The lowest BCUT2D eigenvalue weighted by Crippen LogP contribution is -2.37. The summed E-state index contributed by atoms with van der Waals surface area (Å²) in [5.74, 6) is -0.205. The van der Waals surface area contributed by atoms with Gasteiger partial charge in [0, 0.05) is 24.7 Å². The Bertz CT molecular complexity index is 980. The molecule has 0 spiro atoms. The first-order valence-corrected chi connectivity index (χ1v) is 9.47. The van der Waals surface area contributed by atoms with Crippen LogP contribution in [0.1, 0.15) is 42.6 Å². The van der Waals surface area contributed by atoms with Crippen LogP contribution in [-0.4, -0.2) is 33.4 Å². The van der Waals surface area contributed by atoms with Gasteiger partial charge in [-0.15, -0.1) is 0 Å². The summed E-state index contributed by atoms with van der Waals surface area (Å²) in [7, 11) is 0. The SMILES string of the molecule is CCCCN(CC)C(=O)c1cc2cccnc2n(Cc2ccccc2)c1=O. The number of amides is 1. The summed E-state index contributed by atoms with van der Waals surface area (Å²) >= 11 is 0. The molecule has 5 nitrogen and oxygen atoms in total. The van der Waals surface area contributed by atoms with Gasteiger partial charge in [0.2, 0.25) is 0 Å². The van der Waals surface area contributed by atoms with Crippen LogP contribution in [0.25, 0.3) is 11.0 Å². The maximum absolute atomic E-state index is 13.2. The third-order valence-corrected chi connectivity index (χ3v) is 4.71. The van der Waals surface area contributed by atoms with Crippen LogP contribution in [0.5, 0.6) is 0 Å². The quantitative estimate of drug-likeness (QED) is 0.643. The molecule has 2 heterocycles. The zero-order valence-corrected chi connectivity index (χ0v) is 15.9. The highest BCUT2D eigenvalue weighted by molar-refractivity contribution is 5.96. The largest absolute Gasteiger partial charge is 0.339 e. The fourth-order valence-corrected chi connectivity index (χ4v) is 3.19. The van der Waals surface area contributed by atoms with Gasteiger partial charge < -0.3 is 4.90 Å². The maximum atomic E-state index is 13.2. The number of carbonyl (C=O) groups excluding carboxylic acids is 1. The van der Waals surface area contributed by atoms with Crippen molar-refractivity contribution >= 4 is 16.9 Å². The summed E-state index contributed by atoms with van der Waals surface area (Å²) in [6.07, 6.45) is 3.60. The molecule has 5 heteroatoms. The molecule has 0 saturated heterocycles. The van der Waals surface area contributed by atoms with Crippen molar-refractivity contribution in [3.05, 3.63) is 76.2 Å². The maximum Gasteiger partial charge on any atom is 0.265 e. The van der Waals surface area contributed by atoms with Crippen molar-refractivity contribution in [3.8, 4) is 0 Å². The van der Waals surface area contributed by atoms with Gasteiger partial charge in [0.15, 0.2) is 0 Å². The minimum atomic E-state index is -0.287. The monoisotopic (exact) mass is 363 g/mol. The molecule has 3 rings (SSSR count). The second kappa shape index (κ2) is 8.62. The fourth-order valence-electron chi connectivity index (χ4n) is 3.19. The lowest BCUT2D eigenvalue weighted by atomic mass is 10.1. The molecule has 1 aromatic carbocycles. The second-order valence-electron chi connectivity index (χ2n) is 6.59. The number of nitrogens with zero attached hydrogens (tertiary/aromatic N) is 3. The van der Waals surface area contributed by atoms with Gasteiger partial charge in [-0.3, -0.25) is 14.2 Å². The average Bonchev–Trinajstić information content (AvgIpc) is 2.71. The van der Waals surface area contributed by atoms with E-state index in [1.807, 2.05) is 49.4 Å². The van der Waals surface area contributed by atoms with Gasteiger partial charge in [0.05, 0.1) is 6.54 Å². The van der Waals surface area contributed by atoms with Crippen molar-refractivity contribution in [2.45, 2.75) is 33.2 Å². The molecule has 0 bridgehead atoms. The number of rotatable bonds is 7. The summed E-state index contributed by atoms with van der Waals surface area (Å²) in [6.45, 7) is 5.66. The minimum absolute atomic E-state index is 0.205. The molecule has 1 amide bonds. The molecule has 2 aromatic heterocycles. The molecule has 0 saturated carbocycles. The first-order chi connectivity index (χ1) is 13.2. The van der Waals surface area contributed by atoms with Crippen LogP contribution in [0.4, 0.5) is 0 Å². The molecule has 0 radical (unpaired) electrons. The summed E-state index contributed by atoms with van der Waals surface area (Å²) in [6, 6.07) is 15.2. The predicted molar refractivity (Wildman–Crippen MR) is 108 cm³/mol. The molecule has 0 aliphatic carbocycles. The Balaban J connectivity index is 2.10. The molecule has 0 atom stereocenters. The Kier molecular flexibility index (Phi) is 6.01. The van der Waals surface area contributed by atoms with E-state index in [2.05, 4.69) is 11.9 Å². The smallest absolute Gasteiger partial charge is 0.265 e. The van der Waals surface area contributed by atoms with Gasteiger partial charge in [-0.25, -0.2) is 4.98 Å². The van der Waals surface area contributed by atoms with Gasteiger partial charge in [0.25, 0.3) is 11.5 Å². The number of hydrogen-bond acceptors (Lipinski definition) is 3. The first-order valence-electron chi connectivity index (χ1n) is 9.47. The molecule has 0 unspecified atom stereocenters. The zero-order valence-electron chi connectivity index (χ0n) is 15.9. The molecular formula is C22H25N3O2. The Hall–Kier alpha value is -2.95. The Morgan fingerprint density at radius 1 is 1.11 bits per heavy atom. The topological polar surface area (TPSA) is 55.2 Å². The lowest BCUT2D eigenvalue weighted by Gasteiger charge is -2.21. The Labute approximate surface area is 159 Å². The van der Waals surface area contributed by atoms with Crippen LogP contribution in [0, 0.1) is 0 Å². The van der Waals surface area contributed by atoms with Crippen LogP contribution in [0.3, 0.4) is 0 Å². The number of benzene rings is 1. The molecule has 0 aliphatic rings. The van der Waals surface area contributed by atoms with E-state index in [0.29, 0.717) is 25.3 Å². The van der Waals surface area contributed by atoms with Crippen molar-refractivity contribution in [1.82, 2.24) is 14.5 Å². The summed E-state index contributed by atoms with van der Waals surface area (Å²) in [4.78, 5) is 32.4. The second-order valence-corrected chi connectivity index (χ2v) is 6.59. The molecular weight excluding hydrogens is 338 g/mol. The van der Waals surface area contributed by atoms with Crippen molar-refractivity contribution < 1.29 is 4.79 Å². The van der Waals surface area contributed by atoms with Gasteiger partial charge in [0.1, 0.15) is 11.2 Å². The molecule has 0 aliphatic heterocycles. The highest BCUT2D eigenvalue weighted by Gasteiger charge is 2.20. The van der Waals surface area contributed by atoms with Crippen LogP contribution in [-0.2, 0) is 6.54 Å². The van der Waals surface area contributed by atoms with Gasteiger partial charge >= 0.3 is 0 Å². The number of unbranched alkanes of at least 4 members (excludes halogenated alkanes) is 1. The zero-order chi connectivity index (χ0) is 19.2. The molecule has 0 N–H and O–H groups in total. The Morgan fingerprint density at radius 2 is 1.89 bits per heavy atom. The normalized spacial score (nSPS) is 10.9. The van der Waals surface area contributed by atoms with Crippen LogP contribution in [0.2, 0.25) is 0 Å². The van der Waals surface area contributed by atoms with Crippen molar-refractivity contribution in [2.24, 2.45) is 0 Å². The van der Waals surface area contributed by atoms with E-state index < -0.39 is 0 Å². The van der Waals surface area contributed by atoms with E-state index in [1.165, 1.54) is 0 Å². The van der Waals surface area contributed by atoms with Crippen LogP contribution in [0.15, 0.2) is 59.5 Å². The number of aromatic nitrogens is 2. The Morgan fingerprint density at radius 3 is 2.59 bits per heavy atom. The van der Waals surface area contributed by atoms with Crippen molar-refractivity contribution in [3.63, 3.8) is 0 Å². The highest BCUT2D eigenvalue weighted by atomic mass is 16.2. The highest BCUT2D eigenvalue weighted by Crippen LogP contribution is 2.14. The lowest BCUT2D eigenvalue weighted by molar-refractivity contribution is 0.0760. The summed E-state index contributed by atoms with van der Waals surface area (Å²) < 4.78 is 1.60. The third-order valence-electron chi connectivity index (χ3n) is 4.71. The van der Waals surface area contributed by atoms with Gasteiger partial charge in [-0.2, -0.15) is 0 Å². The van der Waals surface area contributed by atoms with Gasteiger partial charge in [-0.1, -0.05) is 43.7 Å². The van der Waals surface area contributed by atoms with E-state index in [9.17, 15) is 9.59 Å². The van der Waals surface area contributed by atoms with Crippen molar-refractivity contribution in [1.29, 1.82) is 0 Å². The van der Waals surface area contributed by atoms with Crippen LogP contribution >= 0.6 is 0 Å². The number of hydrogen-bond donors (Lipinski definition) is 0.